The van der Waals surface area contributed by atoms with E-state index in [4.69, 9.17) is 4.74 Å². The maximum atomic E-state index is 13.0. The third kappa shape index (κ3) is 3.19. The van der Waals surface area contributed by atoms with Gasteiger partial charge in [0.25, 0.3) is 6.43 Å². The molecule has 3 aromatic rings. The molecule has 0 saturated carbocycles. The van der Waals surface area contributed by atoms with Crippen molar-refractivity contribution >= 4 is 33.1 Å². The Kier molecular flexibility index (Phi) is 4.29. The van der Waals surface area contributed by atoms with E-state index in [2.05, 4.69) is 25.9 Å². The summed E-state index contributed by atoms with van der Waals surface area (Å²) in [6.07, 6.45) is -2.14. The second kappa shape index (κ2) is 6.37. The van der Waals surface area contributed by atoms with Crippen LogP contribution in [0.5, 0.6) is 11.6 Å². The maximum absolute atomic E-state index is 13.0. The van der Waals surface area contributed by atoms with Crippen LogP contribution < -0.4 is 4.74 Å². The summed E-state index contributed by atoms with van der Waals surface area (Å²) in [5.41, 5.74) is 0.746. The molecule has 2 aromatic carbocycles. The third-order valence-corrected chi connectivity index (χ3v) is 3.81. The number of para-hydroxylation sites is 1. The predicted octanol–water partition coefficient (Wildman–Crippen LogP) is 4.93. The summed E-state index contributed by atoms with van der Waals surface area (Å²) in [5, 5.41) is 0.507. The van der Waals surface area contributed by atoms with Gasteiger partial charge in [-0.05, 0) is 30.3 Å². The fourth-order valence-corrected chi connectivity index (χ4v) is 2.37. The van der Waals surface area contributed by atoms with Crippen molar-refractivity contribution in [3.05, 3.63) is 58.3 Å². The fraction of sp³-hybridized carbons (Fsp3) is 0.0625. The van der Waals surface area contributed by atoms with Crippen molar-refractivity contribution in [2.24, 2.45) is 0 Å². The molecule has 0 saturated heterocycles. The molecule has 116 valence electrons. The molecule has 0 radical (unpaired) electrons. The lowest BCUT2D eigenvalue weighted by Gasteiger charge is -2.10. The highest BCUT2D eigenvalue weighted by Crippen LogP contribution is 2.31. The minimum Gasteiger partial charge on any atom is -0.438 e. The van der Waals surface area contributed by atoms with E-state index in [0.29, 0.717) is 33.0 Å². The van der Waals surface area contributed by atoms with Crippen molar-refractivity contribution in [3.8, 4) is 11.6 Å². The number of benzene rings is 2. The van der Waals surface area contributed by atoms with E-state index in [0.717, 1.165) is 0 Å². The Morgan fingerprint density at radius 2 is 1.91 bits per heavy atom. The molecule has 0 aliphatic rings. The molecule has 0 N–H and O–H groups in total. The molecule has 7 heteroatoms. The number of alkyl halides is 2. The number of aldehydes is 1. The number of ether oxygens (including phenoxy) is 1. The van der Waals surface area contributed by atoms with E-state index < -0.39 is 12.2 Å². The average Bonchev–Trinajstić information content (AvgIpc) is 2.56. The molecule has 0 aliphatic carbocycles. The largest absolute Gasteiger partial charge is 0.438 e. The first kappa shape index (κ1) is 15.5. The highest BCUT2D eigenvalue weighted by molar-refractivity contribution is 9.10. The van der Waals surface area contributed by atoms with Gasteiger partial charge < -0.3 is 4.74 Å². The van der Waals surface area contributed by atoms with Crippen molar-refractivity contribution < 1.29 is 18.3 Å². The Bertz CT molecular complexity index is 887. The van der Waals surface area contributed by atoms with Gasteiger partial charge in [-0.3, -0.25) is 4.79 Å². The van der Waals surface area contributed by atoms with Crippen LogP contribution in [0.25, 0.3) is 10.9 Å². The molecule has 0 amide bonds. The van der Waals surface area contributed by atoms with E-state index in [1.54, 1.807) is 36.4 Å². The molecular formula is C16H9BrF2N2O2. The molecule has 1 heterocycles. The highest BCUT2D eigenvalue weighted by atomic mass is 79.9. The number of halogens is 3. The van der Waals surface area contributed by atoms with Crippen LogP contribution in [0.2, 0.25) is 0 Å². The SMILES string of the molecule is O=Cc1cc(Oc2nc(C(F)F)nc3ccccc23)ccc1Br. The van der Waals surface area contributed by atoms with Crippen molar-refractivity contribution in [2.45, 2.75) is 6.43 Å². The van der Waals surface area contributed by atoms with Crippen LogP contribution in [0.4, 0.5) is 8.78 Å². The van der Waals surface area contributed by atoms with Gasteiger partial charge in [0.15, 0.2) is 12.1 Å². The first-order valence-corrected chi connectivity index (χ1v) is 7.35. The summed E-state index contributed by atoms with van der Waals surface area (Å²) in [5.74, 6) is -0.268. The van der Waals surface area contributed by atoms with E-state index >= 15 is 0 Å². The van der Waals surface area contributed by atoms with E-state index in [1.807, 2.05) is 0 Å². The van der Waals surface area contributed by atoms with Crippen LogP contribution in [0.1, 0.15) is 22.6 Å². The molecule has 4 nitrogen and oxygen atoms in total. The minimum atomic E-state index is -2.81. The lowest BCUT2D eigenvalue weighted by atomic mass is 10.2. The summed E-state index contributed by atoms with van der Waals surface area (Å²) in [6, 6.07) is 11.5. The molecule has 0 atom stereocenters. The van der Waals surface area contributed by atoms with Gasteiger partial charge >= 0.3 is 0 Å². The Morgan fingerprint density at radius 3 is 2.65 bits per heavy atom. The zero-order valence-electron chi connectivity index (χ0n) is 11.5. The lowest BCUT2D eigenvalue weighted by molar-refractivity contribution is 0.112. The predicted molar refractivity (Wildman–Crippen MR) is 84.1 cm³/mol. The zero-order valence-corrected chi connectivity index (χ0v) is 13.1. The summed E-state index contributed by atoms with van der Waals surface area (Å²) in [7, 11) is 0. The Labute approximate surface area is 138 Å². The van der Waals surface area contributed by atoms with Gasteiger partial charge in [0, 0.05) is 10.0 Å². The van der Waals surface area contributed by atoms with Crippen LogP contribution in [0, 0.1) is 0 Å². The first-order chi connectivity index (χ1) is 11.1. The summed E-state index contributed by atoms with van der Waals surface area (Å²) in [4.78, 5) is 18.6. The smallest absolute Gasteiger partial charge is 0.297 e. The molecule has 0 bridgehead atoms. The standard InChI is InChI=1S/C16H9BrF2N2O2/c17-12-6-5-10(7-9(12)8-22)23-16-11-3-1-2-4-13(11)20-15(21-16)14(18)19/h1-8,14H. The van der Waals surface area contributed by atoms with Gasteiger partial charge in [-0.15, -0.1) is 0 Å². The fourth-order valence-electron chi connectivity index (χ4n) is 2.03. The number of hydrogen-bond donors (Lipinski definition) is 0. The number of carbonyl (C=O) groups is 1. The molecule has 3 rings (SSSR count). The van der Waals surface area contributed by atoms with Gasteiger partial charge in [-0.25, -0.2) is 13.8 Å². The van der Waals surface area contributed by atoms with Crippen molar-refractivity contribution in [1.29, 1.82) is 0 Å². The second-order valence-electron chi connectivity index (χ2n) is 4.61. The summed E-state index contributed by atoms with van der Waals surface area (Å²) < 4.78 is 32.1. The van der Waals surface area contributed by atoms with Gasteiger partial charge in [-0.2, -0.15) is 4.98 Å². The second-order valence-corrected chi connectivity index (χ2v) is 5.46. The van der Waals surface area contributed by atoms with Gasteiger partial charge in [0.1, 0.15) is 5.75 Å². The summed E-state index contributed by atoms with van der Waals surface area (Å²) in [6.45, 7) is 0. The highest BCUT2D eigenvalue weighted by Gasteiger charge is 2.16. The third-order valence-electron chi connectivity index (χ3n) is 3.09. The van der Waals surface area contributed by atoms with E-state index in [-0.39, 0.29) is 5.88 Å². The molecular weight excluding hydrogens is 370 g/mol. The van der Waals surface area contributed by atoms with E-state index in [1.165, 1.54) is 6.07 Å². The van der Waals surface area contributed by atoms with Crippen molar-refractivity contribution in [1.82, 2.24) is 9.97 Å². The molecule has 0 spiro atoms. The van der Waals surface area contributed by atoms with Gasteiger partial charge in [0.05, 0.1) is 10.9 Å². The monoisotopic (exact) mass is 378 g/mol. The zero-order chi connectivity index (χ0) is 16.4. The Morgan fingerprint density at radius 1 is 1.13 bits per heavy atom. The topological polar surface area (TPSA) is 52.1 Å². The normalized spacial score (nSPS) is 11.0. The molecule has 0 fully saturated rings. The lowest BCUT2D eigenvalue weighted by Crippen LogP contribution is -2.00. The van der Waals surface area contributed by atoms with Gasteiger partial charge in [0.2, 0.25) is 5.88 Å². The maximum Gasteiger partial charge on any atom is 0.297 e. The van der Waals surface area contributed by atoms with Crippen molar-refractivity contribution in [3.63, 3.8) is 0 Å². The number of carbonyl (C=O) groups excluding carboxylic acids is 1. The first-order valence-electron chi connectivity index (χ1n) is 6.56. The molecule has 23 heavy (non-hydrogen) atoms. The average molecular weight is 379 g/mol. The number of fused-ring (bicyclic) bond motifs is 1. The van der Waals surface area contributed by atoms with Crippen LogP contribution >= 0.6 is 15.9 Å². The van der Waals surface area contributed by atoms with Crippen LogP contribution in [-0.4, -0.2) is 16.3 Å². The minimum absolute atomic E-state index is 0.0186. The Balaban J connectivity index is 2.10. The van der Waals surface area contributed by atoms with Crippen LogP contribution in [-0.2, 0) is 0 Å². The molecule has 0 unspecified atom stereocenters. The molecule has 0 aliphatic heterocycles. The number of nitrogens with zero attached hydrogens (tertiary/aromatic N) is 2. The van der Waals surface area contributed by atoms with E-state index in [9.17, 15) is 13.6 Å². The van der Waals surface area contributed by atoms with Crippen LogP contribution in [0.3, 0.4) is 0 Å². The Hall–Kier alpha value is -2.41. The molecule has 1 aromatic heterocycles. The summed E-state index contributed by atoms with van der Waals surface area (Å²) >= 11 is 3.23. The number of hydrogen-bond acceptors (Lipinski definition) is 4. The van der Waals surface area contributed by atoms with Crippen LogP contribution in [0.15, 0.2) is 46.9 Å². The van der Waals surface area contributed by atoms with Crippen molar-refractivity contribution in [2.75, 3.05) is 0 Å². The quantitative estimate of drug-likeness (QED) is 0.603. The van der Waals surface area contributed by atoms with Gasteiger partial charge in [-0.1, -0.05) is 28.1 Å². The number of rotatable bonds is 4. The number of aromatic nitrogens is 2.